The Balaban J connectivity index is 2.08. The molecule has 3 aromatic rings. The first kappa shape index (κ1) is 15.6. The molecule has 1 N–H and O–H groups in total. The Morgan fingerprint density at radius 3 is 2.22 bits per heavy atom. The quantitative estimate of drug-likeness (QED) is 0.741. The molecule has 0 aliphatic rings. The van der Waals surface area contributed by atoms with E-state index in [4.69, 9.17) is 4.42 Å². The summed E-state index contributed by atoms with van der Waals surface area (Å²) in [4.78, 5) is 4.29. The third-order valence-electron chi connectivity index (χ3n) is 3.53. The summed E-state index contributed by atoms with van der Waals surface area (Å²) in [6, 6.07) is 9.80. The SMILES string of the molecule is CC(C)(O)c1cccc2nc(-c3ccc(C(F)(F)F)cc3)oc12. The van der Waals surface area contributed by atoms with E-state index in [-0.39, 0.29) is 5.89 Å². The number of aromatic nitrogens is 1. The van der Waals surface area contributed by atoms with Crippen LogP contribution in [0, 0.1) is 0 Å². The van der Waals surface area contributed by atoms with E-state index in [1.165, 1.54) is 12.1 Å². The molecule has 0 spiro atoms. The zero-order valence-corrected chi connectivity index (χ0v) is 12.5. The van der Waals surface area contributed by atoms with Gasteiger partial charge in [0.1, 0.15) is 5.52 Å². The summed E-state index contributed by atoms with van der Waals surface area (Å²) in [5, 5.41) is 10.2. The van der Waals surface area contributed by atoms with Crippen molar-refractivity contribution in [3.8, 4) is 11.5 Å². The van der Waals surface area contributed by atoms with Gasteiger partial charge in [-0.1, -0.05) is 12.1 Å². The van der Waals surface area contributed by atoms with Gasteiger partial charge < -0.3 is 9.52 Å². The first-order valence-electron chi connectivity index (χ1n) is 6.96. The molecule has 0 saturated carbocycles. The molecule has 0 amide bonds. The van der Waals surface area contributed by atoms with Crippen molar-refractivity contribution < 1.29 is 22.7 Å². The molecule has 23 heavy (non-hydrogen) atoms. The van der Waals surface area contributed by atoms with E-state index in [2.05, 4.69) is 4.98 Å². The second kappa shape index (κ2) is 5.09. The maximum Gasteiger partial charge on any atom is 0.416 e. The molecule has 3 nitrogen and oxygen atoms in total. The average Bonchev–Trinajstić information content (AvgIpc) is 2.89. The van der Waals surface area contributed by atoms with Gasteiger partial charge in [-0.05, 0) is 44.2 Å². The highest BCUT2D eigenvalue weighted by atomic mass is 19.4. The van der Waals surface area contributed by atoms with Crippen LogP contribution in [0.25, 0.3) is 22.6 Å². The van der Waals surface area contributed by atoms with Gasteiger partial charge >= 0.3 is 6.18 Å². The Kier molecular flexibility index (Phi) is 3.44. The summed E-state index contributed by atoms with van der Waals surface area (Å²) < 4.78 is 43.5. The van der Waals surface area contributed by atoms with E-state index >= 15 is 0 Å². The Morgan fingerprint density at radius 1 is 1.00 bits per heavy atom. The zero-order chi connectivity index (χ0) is 16.8. The minimum absolute atomic E-state index is 0.213. The van der Waals surface area contributed by atoms with Crippen LogP contribution in [0.4, 0.5) is 13.2 Å². The van der Waals surface area contributed by atoms with Crippen LogP contribution < -0.4 is 0 Å². The van der Waals surface area contributed by atoms with E-state index in [1.807, 2.05) is 0 Å². The molecule has 1 heterocycles. The Morgan fingerprint density at radius 2 is 1.65 bits per heavy atom. The summed E-state index contributed by atoms with van der Waals surface area (Å²) in [6.45, 7) is 3.25. The minimum atomic E-state index is -4.38. The Bertz CT molecular complexity index is 843. The molecule has 0 fully saturated rings. The minimum Gasteiger partial charge on any atom is -0.436 e. The lowest BCUT2D eigenvalue weighted by atomic mass is 9.98. The second-order valence-electron chi connectivity index (χ2n) is 5.81. The average molecular weight is 321 g/mol. The number of rotatable bonds is 2. The van der Waals surface area contributed by atoms with Crippen molar-refractivity contribution in [3.63, 3.8) is 0 Å². The van der Waals surface area contributed by atoms with Crippen molar-refractivity contribution in [2.45, 2.75) is 25.6 Å². The van der Waals surface area contributed by atoms with Gasteiger partial charge in [0.15, 0.2) is 5.58 Å². The maximum atomic E-state index is 12.6. The van der Waals surface area contributed by atoms with Crippen LogP contribution in [0.2, 0.25) is 0 Å². The van der Waals surface area contributed by atoms with Crippen molar-refractivity contribution in [3.05, 3.63) is 53.6 Å². The van der Waals surface area contributed by atoms with Crippen molar-refractivity contribution in [2.75, 3.05) is 0 Å². The predicted molar refractivity (Wildman–Crippen MR) is 79.7 cm³/mol. The highest BCUT2D eigenvalue weighted by molar-refractivity contribution is 5.80. The fourth-order valence-corrected chi connectivity index (χ4v) is 2.36. The summed E-state index contributed by atoms with van der Waals surface area (Å²) in [5.41, 5.74) is 0.136. The lowest BCUT2D eigenvalue weighted by Crippen LogP contribution is -2.15. The Labute approximate surface area is 130 Å². The van der Waals surface area contributed by atoms with Crippen LogP contribution >= 0.6 is 0 Å². The number of halogens is 3. The topological polar surface area (TPSA) is 46.3 Å². The molecule has 0 saturated heterocycles. The van der Waals surface area contributed by atoms with Crippen LogP contribution in [-0.4, -0.2) is 10.1 Å². The van der Waals surface area contributed by atoms with E-state index in [9.17, 15) is 18.3 Å². The van der Waals surface area contributed by atoms with Crippen molar-refractivity contribution >= 4 is 11.1 Å². The second-order valence-corrected chi connectivity index (χ2v) is 5.81. The highest BCUT2D eigenvalue weighted by Gasteiger charge is 2.30. The fourth-order valence-electron chi connectivity index (χ4n) is 2.36. The van der Waals surface area contributed by atoms with Gasteiger partial charge in [-0.25, -0.2) is 4.98 Å². The number of hydrogen-bond acceptors (Lipinski definition) is 3. The molecule has 0 aliphatic carbocycles. The lowest BCUT2D eigenvalue weighted by molar-refractivity contribution is -0.137. The molecular weight excluding hydrogens is 307 g/mol. The summed E-state index contributed by atoms with van der Waals surface area (Å²) in [5.74, 6) is 0.213. The van der Waals surface area contributed by atoms with Crippen LogP contribution in [0.5, 0.6) is 0 Å². The monoisotopic (exact) mass is 321 g/mol. The van der Waals surface area contributed by atoms with Gasteiger partial charge in [-0.3, -0.25) is 0 Å². The number of fused-ring (bicyclic) bond motifs is 1. The standard InChI is InChI=1S/C17H14F3NO2/c1-16(2,22)12-4-3-5-13-14(12)23-15(21-13)10-6-8-11(9-7-10)17(18,19)20/h3-9,22H,1-2H3. The number of nitrogens with zero attached hydrogens (tertiary/aromatic N) is 1. The molecule has 3 rings (SSSR count). The molecule has 0 atom stereocenters. The fraction of sp³-hybridized carbons (Fsp3) is 0.235. The van der Waals surface area contributed by atoms with Gasteiger partial charge in [0.05, 0.1) is 11.2 Å². The summed E-state index contributed by atoms with van der Waals surface area (Å²) in [6.07, 6.45) is -4.38. The van der Waals surface area contributed by atoms with Gasteiger partial charge in [-0.2, -0.15) is 13.2 Å². The van der Waals surface area contributed by atoms with Crippen molar-refractivity contribution in [2.24, 2.45) is 0 Å². The molecule has 120 valence electrons. The van der Waals surface area contributed by atoms with E-state index < -0.39 is 17.3 Å². The number of oxazole rings is 1. The molecule has 6 heteroatoms. The molecule has 0 unspecified atom stereocenters. The van der Waals surface area contributed by atoms with E-state index in [1.54, 1.807) is 32.0 Å². The number of alkyl halides is 3. The molecule has 0 radical (unpaired) electrons. The number of aliphatic hydroxyl groups is 1. The number of benzene rings is 2. The van der Waals surface area contributed by atoms with Crippen molar-refractivity contribution in [1.82, 2.24) is 4.98 Å². The van der Waals surface area contributed by atoms with E-state index in [0.29, 0.717) is 22.2 Å². The first-order valence-corrected chi connectivity index (χ1v) is 6.96. The predicted octanol–water partition coefficient (Wildman–Crippen LogP) is 4.74. The normalized spacial score (nSPS) is 12.8. The lowest BCUT2D eigenvalue weighted by Gasteiger charge is -2.17. The largest absolute Gasteiger partial charge is 0.436 e. The van der Waals surface area contributed by atoms with Gasteiger partial charge in [-0.15, -0.1) is 0 Å². The van der Waals surface area contributed by atoms with Crippen LogP contribution in [0.15, 0.2) is 46.9 Å². The van der Waals surface area contributed by atoms with Gasteiger partial charge in [0, 0.05) is 11.1 Å². The van der Waals surface area contributed by atoms with Crippen LogP contribution in [-0.2, 0) is 11.8 Å². The molecule has 0 aliphatic heterocycles. The number of hydrogen-bond donors (Lipinski definition) is 1. The number of para-hydroxylation sites is 1. The molecule has 0 bridgehead atoms. The van der Waals surface area contributed by atoms with Gasteiger partial charge in [0.2, 0.25) is 5.89 Å². The zero-order valence-electron chi connectivity index (χ0n) is 12.5. The van der Waals surface area contributed by atoms with Crippen molar-refractivity contribution in [1.29, 1.82) is 0 Å². The first-order chi connectivity index (χ1) is 10.7. The highest BCUT2D eigenvalue weighted by Crippen LogP contribution is 2.34. The smallest absolute Gasteiger partial charge is 0.416 e. The summed E-state index contributed by atoms with van der Waals surface area (Å²) in [7, 11) is 0. The van der Waals surface area contributed by atoms with Gasteiger partial charge in [0.25, 0.3) is 0 Å². The molecule has 2 aromatic carbocycles. The third kappa shape index (κ3) is 2.94. The van der Waals surface area contributed by atoms with Crippen LogP contribution in [0.3, 0.4) is 0 Å². The summed E-state index contributed by atoms with van der Waals surface area (Å²) >= 11 is 0. The molecule has 1 aromatic heterocycles. The van der Waals surface area contributed by atoms with E-state index in [0.717, 1.165) is 12.1 Å². The Hall–Kier alpha value is -2.34. The maximum absolute atomic E-state index is 12.6. The van der Waals surface area contributed by atoms with Crippen LogP contribution in [0.1, 0.15) is 25.0 Å². The third-order valence-corrected chi connectivity index (χ3v) is 3.53. The molecular formula is C17H14F3NO2.